The van der Waals surface area contributed by atoms with Crippen molar-refractivity contribution in [3.8, 4) is 5.75 Å². The van der Waals surface area contributed by atoms with Gasteiger partial charge in [0.25, 0.3) is 0 Å². The highest BCUT2D eigenvalue weighted by Crippen LogP contribution is 2.29. The normalized spacial score (nSPS) is 10.8. The molecule has 2 rings (SSSR count). The molecule has 0 aliphatic heterocycles. The van der Waals surface area contributed by atoms with Gasteiger partial charge >= 0.3 is 6.18 Å². The van der Waals surface area contributed by atoms with Crippen LogP contribution in [-0.4, -0.2) is 18.1 Å². The number of methoxy groups -OCH3 is 1. The number of benzene rings is 2. The van der Waals surface area contributed by atoms with Crippen LogP contribution in [0.4, 0.5) is 18.9 Å². The number of hydrogen-bond donors (Lipinski definition) is 3. The van der Waals surface area contributed by atoms with Gasteiger partial charge in [-0.25, -0.2) is 0 Å². The molecule has 0 aromatic heterocycles. The van der Waals surface area contributed by atoms with Crippen molar-refractivity contribution in [3.63, 3.8) is 0 Å². The van der Waals surface area contributed by atoms with Gasteiger partial charge in [-0.05, 0) is 48.1 Å². The molecule has 138 valence electrons. The quantitative estimate of drug-likeness (QED) is 0.559. The first-order chi connectivity index (χ1) is 12.3. The molecule has 0 atom stereocenters. The predicted octanol–water partition coefficient (Wildman–Crippen LogP) is 3.27. The van der Waals surface area contributed by atoms with Crippen molar-refractivity contribution in [2.24, 2.45) is 0 Å². The summed E-state index contributed by atoms with van der Waals surface area (Å²) in [7, 11) is 1.55. The molecule has 0 spiro atoms. The predicted molar refractivity (Wildman–Crippen MR) is 95.6 cm³/mol. The maximum atomic E-state index is 12.7. The van der Waals surface area contributed by atoms with Gasteiger partial charge in [0.05, 0.1) is 19.1 Å². The van der Waals surface area contributed by atoms with E-state index in [4.69, 9.17) is 17.0 Å². The van der Waals surface area contributed by atoms with Gasteiger partial charge in [-0.3, -0.25) is 15.6 Å². The zero-order valence-electron chi connectivity index (χ0n) is 13.7. The van der Waals surface area contributed by atoms with Crippen LogP contribution in [0, 0.1) is 0 Å². The number of hydrogen-bond acceptors (Lipinski definition) is 3. The lowest BCUT2D eigenvalue weighted by Crippen LogP contribution is -2.44. The largest absolute Gasteiger partial charge is 0.497 e. The second-order valence-electron chi connectivity index (χ2n) is 5.23. The van der Waals surface area contributed by atoms with Crippen molar-refractivity contribution in [2.75, 3.05) is 12.4 Å². The molecule has 2 aromatic carbocycles. The molecule has 1 amide bonds. The number of carbonyl (C=O) groups is 1. The summed E-state index contributed by atoms with van der Waals surface area (Å²) >= 11 is 5.03. The Kier molecular flexibility index (Phi) is 6.40. The Morgan fingerprint density at radius 1 is 1.12 bits per heavy atom. The van der Waals surface area contributed by atoms with Crippen LogP contribution in [0.2, 0.25) is 0 Å². The standard InChI is InChI=1S/C17H16F3N3O2S/c1-25-14-7-5-13(6-8-14)21-16(26)23-22-15(24)10-11-3-2-4-12(9-11)17(18,19)20/h2-9H,10H2,1H3,(H,22,24)(H2,21,23,26). The number of rotatable bonds is 4. The zero-order chi connectivity index (χ0) is 19.2. The number of anilines is 1. The summed E-state index contributed by atoms with van der Waals surface area (Å²) in [5.41, 5.74) is 4.95. The third-order valence-corrected chi connectivity index (χ3v) is 3.49. The number of nitrogens with one attached hydrogen (secondary N) is 3. The number of hydrazine groups is 1. The van der Waals surface area contributed by atoms with Crippen LogP contribution in [0.15, 0.2) is 48.5 Å². The van der Waals surface area contributed by atoms with Crippen molar-refractivity contribution in [1.82, 2.24) is 10.9 Å². The highest BCUT2D eigenvalue weighted by atomic mass is 32.1. The van der Waals surface area contributed by atoms with E-state index in [-0.39, 0.29) is 17.1 Å². The minimum Gasteiger partial charge on any atom is -0.497 e. The average molecular weight is 383 g/mol. The highest BCUT2D eigenvalue weighted by molar-refractivity contribution is 7.80. The molecule has 2 aromatic rings. The van der Waals surface area contributed by atoms with E-state index in [1.54, 1.807) is 31.4 Å². The number of halogens is 3. The maximum absolute atomic E-state index is 12.7. The van der Waals surface area contributed by atoms with Gasteiger partial charge < -0.3 is 10.1 Å². The lowest BCUT2D eigenvalue weighted by molar-refractivity contribution is -0.137. The topological polar surface area (TPSA) is 62.4 Å². The van der Waals surface area contributed by atoms with Crippen LogP contribution in [0.1, 0.15) is 11.1 Å². The summed E-state index contributed by atoms with van der Waals surface area (Å²) < 4.78 is 43.0. The monoisotopic (exact) mass is 383 g/mol. The van der Waals surface area contributed by atoms with E-state index in [0.29, 0.717) is 11.4 Å². The Morgan fingerprint density at radius 3 is 2.42 bits per heavy atom. The average Bonchev–Trinajstić information content (AvgIpc) is 2.60. The molecule has 5 nitrogen and oxygen atoms in total. The molecule has 0 aliphatic rings. The number of carbonyl (C=O) groups excluding carboxylic acids is 1. The van der Waals surface area contributed by atoms with E-state index in [1.807, 2.05) is 0 Å². The van der Waals surface area contributed by atoms with Crippen LogP contribution in [0.25, 0.3) is 0 Å². The van der Waals surface area contributed by atoms with E-state index in [9.17, 15) is 18.0 Å². The maximum Gasteiger partial charge on any atom is 0.416 e. The fourth-order valence-corrected chi connectivity index (χ4v) is 2.22. The second-order valence-corrected chi connectivity index (χ2v) is 5.64. The lowest BCUT2D eigenvalue weighted by atomic mass is 10.1. The van der Waals surface area contributed by atoms with Gasteiger partial charge in [-0.15, -0.1) is 0 Å². The first-order valence-corrected chi connectivity index (χ1v) is 7.85. The molecule has 0 radical (unpaired) electrons. The lowest BCUT2D eigenvalue weighted by Gasteiger charge is -2.12. The van der Waals surface area contributed by atoms with E-state index < -0.39 is 17.6 Å². The zero-order valence-corrected chi connectivity index (χ0v) is 14.5. The van der Waals surface area contributed by atoms with Gasteiger partial charge in [0.1, 0.15) is 5.75 Å². The number of alkyl halides is 3. The molecule has 0 saturated carbocycles. The molecular weight excluding hydrogens is 367 g/mol. The van der Waals surface area contributed by atoms with Crippen molar-refractivity contribution in [2.45, 2.75) is 12.6 Å². The van der Waals surface area contributed by atoms with Crippen LogP contribution < -0.4 is 20.9 Å². The van der Waals surface area contributed by atoms with Crippen LogP contribution in [-0.2, 0) is 17.4 Å². The Labute approximate surface area is 153 Å². The molecule has 3 N–H and O–H groups in total. The third-order valence-electron chi connectivity index (χ3n) is 3.28. The smallest absolute Gasteiger partial charge is 0.416 e. The van der Waals surface area contributed by atoms with Crippen molar-refractivity contribution >= 4 is 28.9 Å². The Balaban J connectivity index is 1.83. The molecule has 0 saturated heterocycles. The fraction of sp³-hybridized carbons (Fsp3) is 0.176. The summed E-state index contributed by atoms with van der Waals surface area (Å²) in [5.74, 6) is 0.159. The Hall–Kier alpha value is -2.81. The summed E-state index contributed by atoms with van der Waals surface area (Å²) in [6, 6.07) is 11.5. The van der Waals surface area contributed by atoms with E-state index >= 15 is 0 Å². The van der Waals surface area contributed by atoms with E-state index in [2.05, 4.69) is 16.2 Å². The SMILES string of the molecule is COc1ccc(NC(=S)NNC(=O)Cc2cccc(C(F)(F)F)c2)cc1. The van der Waals surface area contributed by atoms with Crippen LogP contribution in [0.5, 0.6) is 5.75 Å². The van der Waals surface area contributed by atoms with Crippen molar-refractivity contribution in [1.29, 1.82) is 0 Å². The van der Waals surface area contributed by atoms with Crippen molar-refractivity contribution < 1.29 is 22.7 Å². The first kappa shape index (κ1) is 19.5. The fourth-order valence-electron chi connectivity index (χ4n) is 2.05. The van der Waals surface area contributed by atoms with Gasteiger partial charge in [0.2, 0.25) is 5.91 Å². The molecule has 0 aliphatic carbocycles. The van der Waals surface area contributed by atoms with Gasteiger partial charge in [-0.1, -0.05) is 18.2 Å². The molecular formula is C17H16F3N3O2S. The summed E-state index contributed by atoms with van der Waals surface area (Å²) in [5, 5.41) is 2.97. The number of ether oxygens (including phenoxy) is 1. The Bertz CT molecular complexity index is 780. The van der Waals surface area contributed by atoms with E-state index in [0.717, 1.165) is 12.1 Å². The van der Waals surface area contributed by atoms with Gasteiger partial charge in [0.15, 0.2) is 5.11 Å². The minimum absolute atomic E-state index is 0.132. The molecule has 0 bridgehead atoms. The van der Waals surface area contributed by atoms with Crippen LogP contribution in [0.3, 0.4) is 0 Å². The van der Waals surface area contributed by atoms with Crippen molar-refractivity contribution in [3.05, 3.63) is 59.7 Å². The molecule has 0 unspecified atom stereocenters. The summed E-state index contributed by atoms with van der Waals surface area (Å²) in [6.07, 6.45) is -4.67. The van der Waals surface area contributed by atoms with E-state index in [1.165, 1.54) is 12.1 Å². The highest BCUT2D eigenvalue weighted by Gasteiger charge is 2.30. The van der Waals surface area contributed by atoms with Crippen LogP contribution >= 0.6 is 12.2 Å². The molecule has 0 heterocycles. The summed E-state index contributed by atoms with van der Waals surface area (Å²) in [4.78, 5) is 11.9. The Morgan fingerprint density at radius 2 is 1.81 bits per heavy atom. The first-order valence-electron chi connectivity index (χ1n) is 7.44. The number of thiocarbonyl (C=S) groups is 1. The molecule has 9 heteroatoms. The minimum atomic E-state index is -4.45. The number of amides is 1. The van der Waals surface area contributed by atoms with Gasteiger partial charge in [-0.2, -0.15) is 13.2 Å². The molecule has 26 heavy (non-hydrogen) atoms. The second kappa shape index (κ2) is 8.52. The third kappa shape index (κ3) is 5.92. The van der Waals surface area contributed by atoms with Gasteiger partial charge in [0, 0.05) is 5.69 Å². The summed E-state index contributed by atoms with van der Waals surface area (Å²) in [6.45, 7) is 0. The molecule has 0 fully saturated rings.